The molecular weight excluding hydrogens is 528 g/mol. The second-order valence-electron chi connectivity index (χ2n) is 13.3. The van der Waals surface area contributed by atoms with Gasteiger partial charge in [-0.05, 0) is 69.2 Å². The number of hydrogen-bond acceptors (Lipinski definition) is 10. The predicted molar refractivity (Wildman–Crippen MR) is 139 cm³/mol. The van der Waals surface area contributed by atoms with Crippen molar-refractivity contribution in [3.63, 3.8) is 0 Å². The molecule has 0 saturated carbocycles. The number of aliphatic carboxylic acids is 2. The van der Waals surface area contributed by atoms with Gasteiger partial charge in [0.15, 0.2) is 0 Å². The summed E-state index contributed by atoms with van der Waals surface area (Å²) in [6.07, 6.45) is -5.26. The number of carbonyl (C=O) groups is 4. The molecule has 2 aliphatic rings. The summed E-state index contributed by atoms with van der Waals surface area (Å²) in [6, 6.07) is 0. The van der Waals surface area contributed by atoms with Crippen molar-refractivity contribution in [1.82, 2.24) is 9.80 Å². The van der Waals surface area contributed by atoms with Crippen LogP contribution in [0.15, 0.2) is 0 Å². The number of hydrogen-bond donors (Lipinski definition) is 4. The smallest absolute Gasteiger partial charge is 0.410 e. The van der Waals surface area contributed by atoms with Crippen LogP contribution in [0.2, 0.25) is 0 Å². The highest BCUT2D eigenvalue weighted by Gasteiger charge is 2.35. The highest BCUT2D eigenvalue weighted by Crippen LogP contribution is 2.13. The molecule has 0 spiro atoms. The van der Waals surface area contributed by atoms with Crippen LogP contribution < -0.4 is 20.8 Å². The Labute approximate surface area is 237 Å². The molecule has 14 nitrogen and oxygen atoms in total. The molecule has 2 rings (SSSR count). The Kier molecular flexibility index (Phi) is 13.8. The van der Waals surface area contributed by atoms with E-state index in [0.29, 0.717) is 0 Å². The topological polar surface area (TPSA) is 213 Å². The van der Waals surface area contributed by atoms with E-state index in [1.807, 2.05) is 41.5 Å². The maximum Gasteiger partial charge on any atom is 0.410 e. The molecule has 2 atom stereocenters. The third-order valence-corrected chi connectivity index (χ3v) is 5.47. The maximum atomic E-state index is 11.8. The van der Waals surface area contributed by atoms with Crippen LogP contribution in [0.5, 0.6) is 0 Å². The van der Waals surface area contributed by atoms with Gasteiger partial charge in [0.1, 0.15) is 34.5 Å². The number of piperazine rings is 2. The SMILES string of the molecule is CC1(C)CN(C(=O)OC(C)(C)C)CC[NH2+]1.CC1(C)CN(C(=O)OC(C)(C)C)CC[NH2+]1.O=C([O-])C(O)C(O)C(=O)[O-]. The van der Waals surface area contributed by atoms with E-state index in [1.165, 1.54) is 0 Å². The van der Waals surface area contributed by atoms with Crippen molar-refractivity contribution in [3.05, 3.63) is 0 Å². The van der Waals surface area contributed by atoms with E-state index in [4.69, 9.17) is 19.7 Å². The lowest BCUT2D eigenvalue weighted by Gasteiger charge is -2.36. The first kappa shape index (κ1) is 37.3. The van der Waals surface area contributed by atoms with Crippen molar-refractivity contribution in [2.24, 2.45) is 0 Å². The molecule has 2 fully saturated rings. The van der Waals surface area contributed by atoms with E-state index < -0.39 is 35.3 Å². The predicted octanol–water partition coefficient (Wildman–Crippen LogP) is -3.63. The van der Waals surface area contributed by atoms with Gasteiger partial charge in [-0.25, -0.2) is 9.59 Å². The number of nitrogens with zero attached hydrogens (tertiary/aromatic N) is 2. The molecule has 234 valence electrons. The third kappa shape index (κ3) is 15.8. The summed E-state index contributed by atoms with van der Waals surface area (Å²) in [7, 11) is 0. The summed E-state index contributed by atoms with van der Waals surface area (Å²) in [5, 5.41) is 40.3. The second-order valence-corrected chi connectivity index (χ2v) is 13.3. The third-order valence-electron chi connectivity index (χ3n) is 5.47. The minimum absolute atomic E-state index is 0.106. The van der Waals surface area contributed by atoms with E-state index in [2.05, 4.69) is 38.3 Å². The van der Waals surface area contributed by atoms with Gasteiger partial charge >= 0.3 is 12.2 Å². The van der Waals surface area contributed by atoms with Crippen LogP contribution in [0, 0.1) is 0 Å². The van der Waals surface area contributed by atoms with E-state index in [1.54, 1.807) is 9.80 Å². The van der Waals surface area contributed by atoms with E-state index in [0.717, 1.165) is 39.3 Å². The molecule has 0 aromatic rings. The van der Waals surface area contributed by atoms with Crippen molar-refractivity contribution in [3.8, 4) is 0 Å². The number of carboxylic acids is 2. The lowest BCUT2D eigenvalue weighted by molar-refractivity contribution is -0.728. The number of rotatable bonds is 3. The number of carboxylic acid groups (broad SMARTS) is 2. The molecule has 0 radical (unpaired) electrons. The fraction of sp³-hybridized carbons (Fsp3) is 0.846. The summed E-state index contributed by atoms with van der Waals surface area (Å²) in [4.78, 5) is 46.4. The highest BCUT2D eigenvalue weighted by atomic mass is 16.6. The Bertz CT molecular complexity index is 795. The van der Waals surface area contributed by atoms with Crippen molar-refractivity contribution < 1.29 is 59.7 Å². The van der Waals surface area contributed by atoms with Gasteiger partial charge in [-0.2, -0.15) is 0 Å². The molecular formula is C26H50N4O10. The number of aliphatic hydroxyl groups excluding tert-OH is 2. The number of quaternary nitrogens is 2. The lowest BCUT2D eigenvalue weighted by Crippen LogP contribution is -3.00. The number of aliphatic hydroxyl groups is 2. The van der Waals surface area contributed by atoms with Gasteiger partial charge in [0.05, 0.1) is 51.2 Å². The molecule has 0 aliphatic carbocycles. The number of amides is 2. The van der Waals surface area contributed by atoms with Crippen molar-refractivity contribution in [2.75, 3.05) is 39.3 Å². The maximum absolute atomic E-state index is 11.8. The monoisotopic (exact) mass is 578 g/mol. The molecule has 0 aromatic carbocycles. The molecule has 6 N–H and O–H groups in total. The van der Waals surface area contributed by atoms with E-state index >= 15 is 0 Å². The summed E-state index contributed by atoms with van der Waals surface area (Å²) in [5.41, 5.74) is -0.588. The molecule has 2 heterocycles. The Morgan fingerprint density at radius 3 is 1.18 bits per heavy atom. The zero-order valence-electron chi connectivity index (χ0n) is 25.6. The second kappa shape index (κ2) is 14.8. The van der Waals surface area contributed by atoms with Gasteiger partial charge < -0.3 is 50.1 Å². The summed E-state index contributed by atoms with van der Waals surface area (Å²) >= 11 is 0. The molecule has 2 aliphatic heterocycles. The highest BCUT2D eigenvalue weighted by molar-refractivity contribution is 5.80. The number of carbonyl (C=O) groups excluding carboxylic acids is 4. The van der Waals surface area contributed by atoms with Crippen LogP contribution in [0.4, 0.5) is 9.59 Å². The first-order chi connectivity index (χ1) is 17.9. The van der Waals surface area contributed by atoms with Crippen LogP contribution in [0.3, 0.4) is 0 Å². The minimum Gasteiger partial charge on any atom is -0.547 e. The van der Waals surface area contributed by atoms with Crippen molar-refractivity contribution in [1.29, 1.82) is 0 Å². The Morgan fingerprint density at radius 1 is 0.700 bits per heavy atom. The van der Waals surface area contributed by atoms with Gasteiger partial charge in [0, 0.05) is 0 Å². The quantitative estimate of drug-likeness (QED) is 0.258. The van der Waals surface area contributed by atoms with Gasteiger partial charge in [-0.1, -0.05) is 0 Å². The number of ether oxygens (including phenoxy) is 2. The summed E-state index contributed by atoms with van der Waals surface area (Å²) < 4.78 is 10.7. The molecule has 40 heavy (non-hydrogen) atoms. The van der Waals surface area contributed by atoms with Crippen molar-refractivity contribution in [2.45, 2.75) is 104 Å². The normalized spacial score (nSPS) is 19.9. The molecule has 2 saturated heterocycles. The standard InChI is InChI=1S/2C11H22N2O2.C4H6O6/c2*1-10(2,3)15-9(14)13-7-6-12-11(4,5)8-13;5-1(3(7)8)2(6)4(9)10/h2*12H,6-8H2,1-5H3;1-2,5-6H,(H,7,8)(H,9,10). The van der Waals surface area contributed by atoms with Crippen LogP contribution in [-0.4, -0.2) is 118 Å². The average molecular weight is 579 g/mol. The Balaban J connectivity index is 0.000000585. The minimum atomic E-state index is -2.44. The lowest BCUT2D eigenvalue weighted by atomic mass is 10.0. The first-order valence-corrected chi connectivity index (χ1v) is 13.3. The van der Waals surface area contributed by atoms with Crippen LogP contribution in [0.1, 0.15) is 69.2 Å². The zero-order valence-corrected chi connectivity index (χ0v) is 25.6. The fourth-order valence-electron chi connectivity index (χ4n) is 3.72. The molecule has 14 heteroatoms. The van der Waals surface area contributed by atoms with Gasteiger partial charge in [0.25, 0.3) is 0 Å². The van der Waals surface area contributed by atoms with Crippen LogP contribution in [0.25, 0.3) is 0 Å². The van der Waals surface area contributed by atoms with E-state index in [9.17, 15) is 29.4 Å². The van der Waals surface area contributed by atoms with E-state index in [-0.39, 0.29) is 23.3 Å². The summed E-state index contributed by atoms with van der Waals surface area (Å²) in [5.74, 6) is -4.12. The zero-order chi connectivity index (χ0) is 31.7. The van der Waals surface area contributed by atoms with Gasteiger partial charge in [-0.15, -0.1) is 0 Å². The summed E-state index contributed by atoms with van der Waals surface area (Å²) in [6.45, 7) is 24.9. The van der Waals surface area contributed by atoms with Crippen LogP contribution >= 0.6 is 0 Å². The molecule has 0 aromatic heterocycles. The Hall–Kier alpha value is -2.68. The molecule has 2 unspecified atom stereocenters. The number of nitrogens with two attached hydrogens (primary N) is 2. The van der Waals surface area contributed by atoms with Crippen LogP contribution in [-0.2, 0) is 19.1 Å². The Morgan fingerprint density at radius 2 is 0.975 bits per heavy atom. The largest absolute Gasteiger partial charge is 0.547 e. The first-order valence-electron chi connectivity index (χ1n) is 13.3. The average Bonchev–Trinajstić information content (AvgIpc) is 2.75. The molecule has 2 amide bonds. The van der Waals surface area contributed by atoms with Crippen molar-refractivity contribution >= 4 is 24.1 Å². The molecule has 0 bridgehead atoms. The fourth-order valence-corrected chi connectivity index (χ4v) is 3.72. The van der Waals surface area contributed by atoms with Gasteiger partial charge in [0.2, 0.25) is 0 Å². The van der Waals surface area contributed by atoms with Gasteiger partial charge in [-0.3, -0.25) is 9.80 Å².